The maximum absolute atomic E-state index is 10.8. The summed E-state index contributed by atoms with van der Waals surface area (Å²) in [5.41, 5.74) is 0. The summed E-state index contributed by atoms with van der Waals surface area (Å²) in [6.07, 6.45) is 5.39. The number of hydrogen-bond acceptors (Lipinski definition) is 3. The van der Waals surface area contributed by atoms with Gasteiger partial charge in [0.2, 0.25) is 5.91 Å². The van der Waals surface area contributed by atoms with Crippen LogP contribution >= 0.6 is 0 Å². The van der Waals surface area contributed by atoms with Crippen molar-refractivity contribution in [2.45, 2.75) is 0 Å². The molecule has 2 N–H and O–H groups in total. The zero-order valence-electron chi connectivity index (χ0n) is 8.12. The molecule has 0 atom stereocenters. The minimum atomic E-state index is -0.0172. The van der Waals surface area contributed by atoms with Gasteiger partial charge in [-0.3, -0.25) is 4.79 Å². The molecule has 1 rings (SSSR count). The lowest BCUT2D eigenvalue weighted by atomic mass is 10.4. The number of nitrogens with one attached hydrogen (secondary N) is 2. The maximum Gasteiger partial charge on any atom is 0.233 e. The minimum absolute atomic E-state index is 0.0172. The molecule has 4 heteroatoms. The lowest BCUT2D eigenvalue weighted by Crippen LogP contribution is -2.31. The highest BCUT2D eigenvalue weighted by atomic mass is 16.3. The Morgan fingerprint density at radius 3 is 3.14 bits per heavy atom. The highest BCUT2D eigenvalue weighted by Gasteiger charge is 1.93. The van der Waals surface area contributed by atoms with Crippen molar-refractivity contribution in [3.05, 3.63) is 30.2 Å². The van der Waals surface area contributed by atoms with Crippen LogP contribution in [0, 0.1) is 0 Å². The molecular formula is C10H14N2O2. The number of furan rings is 1. The fourth-order valence-electron chi connectivity index (χ4n) is 0.919. The smallest absolute Gasteiger partial charge is 0.233 e. The van der Waals surface area contributed by atoms with E-state index in [0.29, 0.717) is 13.1 Å². The third-order valence-corrected chi connectivity index (χ3v) is 1.65. The maximum atomic E-state index is 10.8. The largest absolute Gasteiger partial charge is 0.465 e. The molecule has 0 aliphatic carbocycles. The Hall–Kier alpha value is -1.55. The Morgan fingerprint density at radius 2 is 2.50 bits per heavy atom. The van der Waals surface area contributed by atoms with Crippen LogP contribution in [0.3, 0.4) is 0 Å². The van der Waals surface area contributed by atoms with Gasteiger partial charge in [0, 0.05) is 13.6 Å². The highest BCUT2D eigenvalue weighted by Crippen LogP contribution is 2.00. The summed E-state index contributed by atoms with van der Waals surface area (Å²) in [6, 6.07) is 3.70. The van der Waals surface area contributed by atoms with Crippen LogP contribution in [0.1, 0.15) is 5.76 Å². The summed E-state index contributed by atoms with van der Waals surface area (Å²) in [6.45, 7) is 0.979. The SMILES string of the molecule is CNC(=O)CNC/C=C/c1ccco1. The molecule has 0 spiro atoms. The lowest BCUT2D eigenvalue weighted by Gasteiger charge is -1.98. The molecule has 1 aromatic rings. The van der Waals surface area contributed by atoms with Gasteiger partial charge in [0.1, 0.15) is 5.76 Å². The van der Waals surface area contributed by atoms with Gasteiger partial charge in [-0.25, -0.2) is 0 Å². The van der Waals surface area contributed by atoms with Crippen molar-refractivity contribution < 1.29 is 9.21 Å². The normalized spacial score (nSPS) is 10.6. The van der Waals surface area contributed by atoms with Crippen molar-refractivity contribution in [1.82, 2.24) is 10.6 Å². The van der Waals surface area contributed by atoms with Crippen LogP contribution in [-0.4, -0.2) is 26.0 Å². The molecule has 0 aromatic carbocycles. The van der Waals surface area contributed by atoms with E-state index < -0.39 is 0 Å². The number of likely N-dealkylation sites (N-methyl/N-ethyl adjacent to an activating group) is 1. The highest BCUT2D eigenvalue weighted by molar-refractivity contribution is 5.77. The predicted molar refractivity (Wildman–Crippen MR) is 54.7 cm³/mol. The van der Waals surface area contributed by atoms with Crippen LogP contribution < -0.4 is 10.6 Å². The molecule has 1 aromatic heterocycles. The van der Waals surface area contributed by atoms with Crippen molar-refractivity contribution in [3.8, 4) is 0 Å². The zero-order chi connectivity index (χ0) is 10.2. The molecule has 0 unspecified atom stereocenters. The second kappa shape index (κ2) is 5.99. The third kappa shape index (κ3) is 3.91. The third-order valence-electron chi connectivity index (χ3n) is 1.65. The number of carbonyl (C=O) groups excluding carboxylic acids is 1. The van der Waals surface area contributed by atoms with Crippen LogP contribution in [0.15, 0.2) is 28.9 Å². The van der Waals surface area contributed by atoms with Gasteiger partial charge in [0.05, 0.1) is 12.8 Å². The fourth-order valence-corrected chi connectivity index (χ4v) is 0.919. The fraction of sp³-hybridized carbons (Fsp3) is 0.300. The first-order valence-corrected chi connectivity index (χ1v) is 4.44. The summed E-state index contributed by atoms with van der Waals surface area (Å²) in [7, 11) is 1.61. The van der Waals surface area contributed by atoms with E-state index in [-0.39, 0.29) is 5.91 Å². The molecule has 0 radical (unpaired) electrons. The van der Waals surface area contributed by atoms with Crippen LogP contribution in [0.4, 0.5) is 0 Å². The molecule has 0 aliphatic rings. The number of carbonyl (C=O) groups is 1. The molecule has 0 fully saturated rings. The van der Waals surface area contributed by atoms with E-state index in [9.17, 15) is 4.79 Å². The van der Waals surface area contributed by atoms with Gasteiger partial charge >= 0.3 is 0 Å². The Morgan fingerprint density at radius 1 is 1.64 bits per heavy atom. The first kappa shape index (κ1) is 10.5. The zero-order valence-corrected chi connectivity index (χ0v) is 8.12. The van der Waals surface area contributed by atoms with Gasteiger partial charge < -0.3 is 15.1 Å². The lowest BCUT2D eigenvalue weighted by molar-refractivity contribution is -0.119. The quantitative estimate of drug-likeness (QED) is 0.676. The van der Waals surface area contributed by atoms with Crippen LogP contribution in [-0.2, 0) is 4.79 Å². The van der Waals surface area contributed by atoms with E-state index in [1.807, 2.05) is 24.3 Å². The first-order chi connectivity index (χ1) is 6.83. The molecule has 76 valence electrons. The summed E-state index contributed by atoms with van der Waals surface area (Å²) >= 11 is 0. The average molecular weight is 194 g/mol. The summed E-state index contributed by atoms with van der Waals surface area (Å²) in [5.74, 6) is 0.795. The van der Waals surface area contributed by atoms with Crippen molar-refractivity contribution in [2.75, 3.05) is 20.1 Å². The Labute approximate surface area is 83.0 Å². The Kier molecular flexibility index (Phi) is 4.50. The first-order valence-electron chi connectivity index (χ1n) is 4.44. The van der Waals surface area contributed by atoms with Crippen molar-refractivity contribution in [2.24, 2.45) is 0 Å². The second-order valence-electron chi connectivity index (χ2n) is 2.72. The van der Waals surface area contributed by atoms with Crippen LogP contribution in [0.5, 0.6) is 0 Å². The van der Waals surface area contributed by atoms with E-state index in [2.05, 4.69) is 10.6 Å². The van der Waals surface area contributed by atoms with Gasteiger partial charge in [-0.1, -0.05) is 6.08 Å². The number of hydrogen-bond donors (Lipinski definition) is 2. The monoisotopic (exact) mass is 194 g/mol. The van der Waals surface area contributed by atoms with Crippen molar-refractivity contribution in [3.63, 3.8) is 0 Å². The minimum Gasteiger partial charge on any atom is -0.465 e. The van der Waals surface area contributed by atoms with Crippen molar-refractivity contribution >= 4 is 12.0 Å². The average Bonchev–Trinajstić information content (AvgIpc) is 2.69. The summed E-state index contributed by atoms with van der Waals surface area (Å²) < 4.78 is 5.09. The van der Waals surface area contributed by atoms with E-state index in [0.717, 1.165) is 5.76 Å². The van der Waals surface area contributed by atoms with E-state index in [1.165, 1.54) is 0 Å². The molecule has 1 amide bonds. The van der Waals surface area contributed by atoms with Crippen LogP contribution in [0.2, 0.25) is 0 Å². The van der Waals surface area contributed by atoms with Gasteiger partial charge in [-0.2, -0.15) is 0 Å². The van der Waals surface area contributed by atoms with Gasteiger partial charge in [0.15, 0.2) is 0 Å². The molecule has 0 saturated heterocycles. The number of rotatable bonds is 5. The summed E-state index contributed by atoms with van der Waals surface area (Å²) in [4.78, 5) is 10.8. The molecule has 0 bridgehead atoms. The molecular weight excluding hydrogens is 180 g/mol. The van der Waals surface area contributed by atoms with Gasteiger partial charge in [-0.15, -0.1) is 0 Å². The Balaban J connectivity index is 2.12. The molecule has 4 nitrogen and oxygen atoms in total. The molecule has 0 saturated carbocycles. The van der Waals surface area contributed by atoms with E-state index >= 15 is 0 Å². The second-order valence-corrected chi connectivity index (χ2v) is 2.72. The van der Waals surface area contributed by atoms with Crippen molar-refractivity contribution in [1.29, 1.82) is 0 Å². The topological polar surface area (TPSA) is 54.3 Å². The van der Waals surface area contributed by atoms with Gasteiger partial charge in [-0.05, 0) is 18.2 Å². The Bertz CT molecular complexity index is 291. The molecule has 14 heavy (non-hydrogen) atoms. The van der Waals surface area contributed by atoms with E-state index in [1.54, 1.807) is 13.3 Å². The molecule has 0 aliphatic heterocycles. The predicted octanol–water partition coefficient (Wildman–Crippen LogP) is 0.628. The number of amides is 1. The summed E-state index contributed by atoms with van der Waals surface area (Å²) in [5, 5.41) is 5.48. The molecule has 1 heterocycles. The standard InChI is InChI=1S/C10H14N2O2/c1-11-10(13)8-12-6-2-4-9-5-3-7-14-9/h2-5,7,12H,6,8H2,1H3,(H,11,13)/b4-2+. The van der Waals surface area contributed by atoms with Gasteiger partial charge in [0.25, 0.3) is 0 Å². The van der Waals surface area contributed by atoms with E-state index in [4.69, 9.17) is 4.42 Å². The van der Waals surface area contributed by atoms with Crippen LogP contribution in [0.25, 0.3) is 6.08 Å².